The quantitative estimate of drug-likeness (QED) is 0.231. The van der Waals surface area contributed by atoms with Crippen molar-refractivity contribution in [2.75, 3.05) is 31.3 Å². The minimum Gasteiger partial charge on any atom is -0.443 e. The number of carbonyl (C=O) groups excluding carboxylic acids is 1. The maximum absolute atomic E-state index is 13.1. The van der Waals surface area contributed by atoms with Crippen molar-refractivity contribution >= 4 is 38.5 Å². The second-order valence-corrected chi connectivity index (χ2v) is 13.1. The molecule has 2 aromatic heterocycles. The van der Waals surface area contributed by atoms with E-state index in [0.717, 1.165) is 48.1 Å². The molecular formula is C29H40N8O4S. The number of hydrogen-bond donors (Lipinski definition) is 2. The molecule has 4 aromatic rings. The van der Waals surface area contributed by atoms with Crippen LogP contribution in [-0.4, -0.2) is 65.3 Å². The van der Waals surface area contributed by atoms with Crippen LogP contribution in [0.1, 0.15) is 51.4 Å². The molecule has 2 aromatic carbocycles. The van der Waals surface area contributed by atoms with Gasteiger partial charge in [0.1, 0.15) is 5.60 Å². The summed E-state index contributed by atoms with van der Waals surface area (Å²) < 4.78 is 37.2. The average Bonchev–Trinajstić information content (AvgIpc) is 3.52. The van der Waals surface area contributed by atoms with Gasteiger partial charge in [-0.25, -0.2) is 27.5 Å². The number of aromatic nitrogens is 5. The van der Waals surface area contributed by atoms with Crippen molar-refractivity contribution in [3.05, 3.63) is 60.2 Å². The topological polar surface area (TPSA) is 150 Å². The Labute approximate surface area is 246 Å². The first kappa shape index (κ1) is 31.0. The molecule has 13 heteroatoms. The Hall–Kier alpha value is -3.97. The maximum atomic E-state index is 13.1. The third-order valence-corrected chi connectivity index (χ3v) is 8.11. The van der Waals surface area contributed by atoms with Gasteiger partial charge in [-0.15, -0.1) is 5.10 Å². The fraction of sp³-hybridized carbons (Fsp3) is 0.448. The zero-order valence-electron chi connectivity index (χ0n) is 24.9. The second kappa shape index (κ2) is 12.9. The number of hydrogen-bond acceptors (Lipinski definition) is 9. The third-order valence-electron chi connectivity index (χ3n) is 6.59. The van der Waals surface area contributed by atoms with Crippen LogP contribution in [0.5, 0.6) is 0 Å². The van der Waals surface area contributed by atoms with Crippen LogP contribution < -0.4 is 15.4 Å². The molecule has 12 nitrogen and oxygen atoms in total. The van der Waals surface area contributed by atoms with Crippen LogP contribution in [-0.2, 0) is 34.1 Å². The number of carbonyl (C=O) groups is 1. The summed E-state index contributed by atoms with van der Waals surface area (Å²) in [7, 11) is 0.147. The van der Waals surface area contributed by atoms with Crippen LogP contribution in [0.25, 0.3) is 10.8 Å². The number of sulfonamides is 1. The van der Waals surface area contributed by atoms with Crippen LogP contribution in [0.15, 0.2) is 53.7 Å². The molecule has 0 aliphatic heterocycles. The highest BCUT2D eigenvalue weighted by Crippen LogP contribution is 2.30. The van der Waals surface area contributed by atoms with E-state index in [-0.39, 0.29) is 17.4 Å². The summed E-state index contributed by atoms with van der Waals surface area (Å²) in [5.41, 5.74) is 7.83. The van der Waals surface area contributed by atoms with Crippen LogP contribution >= 0.6 is 0 Å². The molecular weight excluding hydrogens is 556 g/mol. The Bertz CT molecular complexity index is 1640. The molecule has 3 N–H and O–H groups in total. The van der Waals surface area contributed by atoms with Gasteiger partial charge in [0.25, 0.3) is 0 Å². The molecule has 0 unspecified atom stereocenters. The van der Waals surface area contributed by atoms with Gasteiger partial charge in [-0.2, -0.15) is 0 Å². The van der Waals surface area contributed by atoms with E-state index in [4.69, 9.17) is 10.5 Å². The van der Waals surface area contributed by atoms with Crippen molar-refractivity contribution in [2.24, 2.45) is 0 Å². The standard InChI is InChI=1S/C29H40N8O4S/c1-29(2,3)41-28(38)37-20-21(32-27(37)30)11-7-6-8-12-22-19-36(34-33-22)18-17-31-42(39,40)26-16-10-13-23-24(26)14-9-15-25(23)35(4)5/h9-10,13-16,19-20,31H,6-8,11-12,17-18H2,1-5H3,(H2,30,32). The van der Waals surface area contributed by atoms with E-state index in [1.165, 1.54) is 4.57 Å². The summed E-state index contributed by atoms with van der Waals surface area (Å²) in [6.45, 7) is 5.95. The van der Waals surface area contributed by atoms with E-state index >= 15 is 0 Å². The van der Waals surface area contributed by atoms with Gasteiger partial charge in [0.15, 0.2) is 0 Å². The number of anilines is 2. The van der Waals surface area contributed by atoms with Crippen molar-refractivity contribution in [3.8, 4) is 0 Å². The first-order valence-electron chi connectivity index (χ1n) is 14.0. The van der Waals surface area contributed by atoms with Gasteiger partial charge in [0.2, 0.25) is 16.0 Å². The SMILES string of the molecule is CN(C)c1cccc2c(S(=O)(=O)NCCn3cc(CCCCCc4cn(C(=O)OC(C)(C)C)c(N)n4)nn3)cccc12. The average molecular weight is 597 g/mol. The van der Waals surface area contributed by atoms with Crippen LogP contribution in [0.3, 0.4) is 0 Å². The number of nitrogen functional groups attached to an aromatic ring is 1. The number of fused-ring (bicyclic) bond motifs is 1. The van der Waals surface area contributed by atoms with Crippen LogP contribution in [0, 0.1) is 0 Å². The van der Waals surface area contributed by atoms with E-state index in [0.29, 0.717) is 18.4 Å². The van der Waals surface area contributed by atoms with Gasteiger partial charge < -0.3 is 15.4 Å². The Morgan fingerprint density at radius 2 is 1.69 bits per heavy atom. The number of imidazole rings is 1. The molecule has 0 atom stereocenters. The zero-order chi connectivity index (χ0) is 30.5. The Morgan fingerprint density at radius 1 is 1.00 bits per heavy atom. The summed E-state index contributed by atoms with van der Waals surface area (Å²) in [4.78, 5) is 18.8. The number of rotatable bonds is 12. The summed E-state index contributed by atoms with van der Waals surface area (Å²) in [6.07, 6.45) is 7.11. The Kier molecular flexibility index (Phi) is 9.52. The van der Waals surface area contributed by atoms with E-state index in [1.54, 1.807) is 43.8 Å². The van der Waals surface area contributed by atoms with Crippen molar-refractivity contribution < 1.29 is 17.9 Å². The lowest BCUT2D eigenvalue weighted by Gasteiger charge is -2.19. The monoisotopic (exact) mass is 596 g/mol. The molecule has 2 heterocycles. The number of benzene rings is 2. The van der Waals surface area contributed by atoms with Crippen molar-refractivity contribution in [1.82, 2.24) is 29.3 Å². The first-order valence-corrected chi connectivity index (χ1v) is 15.5. The fourth-order valence-corrected chi connectivity index (χ4v) is 5.88. The lowest BCUT2D eigenvalue weighted by Crippen LogP contribution is -2.27. The molecule has 4 rings (SSSR count). The number of unbranched alkanes of at least 4 members (excludes halogenated alkanes) is 2. The smallest absolute Gasteiger partial charge is 0.421 e. The van der Waals surface area contributed by atoms with Crippen molar-refractivity contribution in [2.45, 2.75) is 69.9 Å². The Morgan fingerprint density at radius 3 is 2.40 bits per heavy atom. The fourth-order valence-electron chi connectivity index (χ4n) is 4.64. The van der Waals surface area contributed by atoms with E-state index in [9.17, 15) is 13.2 Å². The molecule has 0 bridgehead atoms. The van der Waals surface area contributed by atoms with Crippen molar-refractivity contribution in [1.29, 1.82) is 0 Å². The molecule has 0 radical (unpaired) electrons. The molecule has 0 fully saturated rings. The first-order chi connectivity index (χ1) is 19.8. The number of aryl methyl sites for hydroxylation is 2. The van der Waals surface area contributed by atoms with Gasteiger partial charge in [0, 0.05) is 49.5 Å². The minimum atomic E-state index is -3.72. The highest BCUT2D eigenvalue weighted by Gasteiger charge is 2.21. The predicted octanol–water partition coefficient (Wildman–Crippen LogP) is 3.99. The van der Waals surface area contributed by atoms with Crippen molar-refractivity contribution in [3.63, 3.8) is 0 Å². The van der Waals surface area contributed by atoms with Gasteiger partial charge in [0.05, 0.1) is 22.8 Å². The minimum absolute atomic E-state index is 0.119. The molecule has 42 heavy (non-hydrogen) atoms. The predicted molar refractivity (Wildman–Crippen MR) is 163 cm³/mol. The zero-order valence-corrected chi connectivity index (χ0v) is 25.7. The molecule has 0 amide bonds. The van der Waals surface area contributed by atoms with Gasteiger partial charge >= 0.3 is 6.09 Å². The lowest BCUT2D eigenvalue weighted by atomic mass is 10.1. The molecule has 226 valence electrons. The van der Waals surface area contributed by atoms with Crippen LogP contribution in [0.4, 0.5) is 16.4 Å². The second-order valence-electron chi connectivity index (χ2n) is 11.4. The number of nitrogens with one attached hydrogen (secondary N) is 1. The van der Waals surface area contributed by atoms with E-state index < -0.39 is 21.7 Å². The Balaban J connectivity index is 1.22. The summed E-state index contributed by atoms with van der Waals surface area (Å²) in [5, 5.41) is 9.93. The largest absolute Gasteiger partial charge is 0.443 e. The normalized spacial score (nSPS) is 12.1. The van der Waals surface area contributed by atoms with Gasteiger partial charge in [-0.1, -0.05) is 35.9 Å². The highest BCUT2D eigenvalue weighted by atomic mass is 32.2. The molecule has 0 aliphatic carbocycles. The summed E-state index contributed by atoms with van der Waals surface area (Å²) >= 11 is 0. The molecule has 0 spiro atoms. The van der Waals surface area contributed by atoms with E-state index in [1.807, 2.05) is 49.5 Å². The molecule has 0 aliphatic rings. The van der Waals surface area contributed by atoms with E-state index in [2.05, 4.69) is 20.0 Å². The van der Waals surface area contributed by atoms with Gasteiger partial charge in [-0.05, 0) is 58.6 Å². The third kappa shape index (κ3) is 7.85. The van der Waals surface area contributed by atoms with Crippen LogP contribution in [0.2, 0.25) is 0 Å². The lowest BCUT2D eigenvalue weighted by molar-refractivity contribution is 0.0540. The van der Waals surface area contributed by atoms with Gasteiger partial charge in [-0.3, -0.25) is 4.68 Å². The number of nitrogens with two attached hydrogens (primary N) is 1. The number of nitrogens with zero attached hydrogens (tertiary/aromatic N) is 6. The molecule has 0 saturated carbocycles. The molecule has 0 saturated heterocycles. The number of ether oxygens (including phenoxy) is 1. The summed E-state index contributed by atoms with van der Waals surface area (Å²) in [5.74, 6) is 0.119. The summed E-state index contributed by atoms with van der Waals surface area (Å²) in [6, 6.07) is 11.0. The highest BCUT2D eigenvalue weighted by molar-refractivity contribution is 7.89. The maximum Gasteiger partial charge on any atom is 0.421 e.